The first-order chi connectivity index (χ1) is 15.5. The Morgan fingerprint density at radius 1 is 1.09 bits per heavy atom. The largest absolute Gasteiger partial charge is 0.364 e. The van der Waals surface area contributed by atoms with Crippen molar-refractivity contribution in [2.24, 2.45) is 0 Å². The van der Waals surface area contributed by atoms with E-state index in [-0.39, 0.29) is 29.6 Å². The van der Waals surface area contributed by atoms with Gasteiger partial charge in [-0.3, -0.25) is 9.59 Å². The summed E-state index contributed by atoms with van der Waals surface area (Å²) in [6.45, 7) is 0.638. The van der Waals surface area contributed by atoms with Crippen LogP contribution in [0.4, 0.5) is 0 Å². The van der Waals surface area contributed by atoms with E-state index in [9.17, 15) is 9.59 Å². The van der Waals surface area contributed by atoms with E-state index >= 15 is 0 Å². The van der Waals surface area contributed by atoms with E-state index in [1.807, 2.05) is 48.5 Å². The van der Waals surface area contributed by atoms with Crippen molar-refractivity contribution in [1.29, 1.82) is 0 Å². The Balaban J connectivity index is 1.41. The molecule has 0 saturated carbocycles. The van der Waals surface area contributed by atoms with E-state index in [4.69, 9.17) is 27.9 Å². The molecule has 1 saturated heterocycles. The molecule has 4 rings (SSSR count). The summed E-state index contributed by atoms with van der Waals surface area (Å²) in [6, 6.07) is 18.2. The molecule has 1 fully saturated rings. The number of nitrogens with zero attached hydrogens (tertiary/aromatic N) is 1. The Bertz CT molecular complexity index is 1120. The van der Waals surface area contributed by atoms with Crippen LogP contribution in [0.3, 0.4) is 0 Å². The molecule has 0 bridgehead atoms. The van der Waals surface area contributed by atoms with Gasteiger partial charge in [-0.25, -0.2) is 4.98 Å². The number of hydrogen-bond donors (Lipinski definition) is 2. The molecule has 2 amide bonds. The van der Waals surface area contributed by atoms with Gasteiger partial charge in [0, 0.05) is 23.8 Å². The fourth-order valence-corrected chi connectivity index (χ4v) is 3.87. The van der Waals surface area contributed by atoms with Crippen molar-refractivity contribution in [2.45, 2.75) is 18.6 Å². The van der Waals surface area contributed by atoms with Gasteiger partial charge in [0.25, 0.3) is 11.8 Å². The zero-order valence-electron chi connectivity index (χ0n) is 17.1. The summed E-state index contributed by atoms with van der Waals surface area (Å²) in [6.07, 6.45) is 1.36. The number of halogens is 2. The van der Waals surface area contributed by atoms with Gasteiger partial charge in [0.2, 0.25) is 0 Å². The van der Waals surface area contributed by atoms with Crippen LogP contribution in [0.5, 0.6) is 0 Å². The number of amides is 2. The molecule has 2 aromatic carbocycles. The highest BCUT2D eigenvalue weighted by Crippen LogP contribution is 2.27. The zero-order valence-corrected chi connectivity index (χ0v) is 18.6. The lowest BCUT2D eigenvalue weighted by atomic mass is 10.0. The molecular weight excluding hydrogens is 449 g/mol. The van der Waals surface area contributed by atoms with Crippen molar-refractivity contribution in [3.05, 3.63) is 88.2 Å². The standard InChI is InChI=1S/C24H21Cl2N3O3/c25-18-8-6-15(7-9-18)16-3-1-4-17(13-16)21-24(31)29-19(10-12-32-21)14-28-23(30)20-5-2-11-27-22(20)26/h1-9,11,13,19,21H,10,12,14H2,(H,28,30)(H,29,31)/t19-,21-/m0/s1. The summed E-state index contributed by atoms with van der Waals surface area (Å²) in [7, 11) is 0. The van der Waals surface area contributed by atoms with Gasteiger partial charge in [-0.1, -0.05) is 53.5 Å². The van der Waals surface area contributed by atoms with Crippen LogP contribution in [0.2, 0.25) is 10.2 Å². The summed E-state index contributed by atoms with van der Waals surface area (Å²) in [5.41, 5.74) is 3.03. The maximum Gasteiger partial charge on any atom is 0.254 e. The zero-order chi connectivity index (χ0) is 22.5. The number of ether oxygens (including phenoxy) is 1. The van der Waals surface area contributed by atoms with E-state index in [1.165, 1.54) is 6.20 Å². The summed E-state index contributed by atoms with van der Waals surface area (Å²) < 4.78 is 5.88. The highest BCUT2D eigenvalue weighted by Gasteiger charge is 2.28. The van der Waals surface area contributed by atoms with Gasteiger partial charge in [-0.05, 0) is 53.4 Å². The molecule has 2 atom stereocenters. The minimum Gasteiger partial charge on any atom is -0.364 e. The molecule has 8 heteroatoms. The van der Waals surface area contributed by atoms with Crippen LogP contribution in [-0.2, 0) is 9.53 Å². The van der Waals surface area contributed by atoms with Crippen LogP contribution < -0.4 is 10.6 Å². The molecule has 1 aromatic heterocycles. The fraction of sp³-hybridized carbons (Fsp3) is 0.208. The topological polar surface area (TPSA) is 80.3 Å². The van der Waals surface area contributed by atoms with Gasteiger partial charge in [0.15, 0.2) is 6.10 Å². The molecule has 164 valence electrons. The van der Waals surface area contributed by atoms with Crippen LogP contribution >= 0.6 is 23.2 Å². The van der Waals surface area contributed by atoms with Crippen molar-refractivity contribution in [1.82, 2.24) is 15.6 Å². The summed E-state index contributed by atoms with van der Waals surface area (Å²) >= 11 is 12.0. The number of hydrogen-bond acceptors (Lipinski definition) is 4. The van der Waals surface area contributed by atoms with E-state index in [1.54, 1.807) is 12.1 Å². The minimum absolute atomic E-state index is 0.138. The Kier molecular flexibility index (Phi) is 7.05. The van der Waals surface area contributed by atoms with Crippen molar-refractivity contribution in [2.75, 3.05) is 13.2 Å². The van der Waals surface area contributed by atoms with E-state index in [0.29, 0.717) is 23.6 Å². The molecule has 2 N–H and O–H groups in total. The molecule has 0 unspecified atom stereocenters. The monoisotopic (exact) mass is 469 g/mol. The third-order valence-electron chi connectivity index (χ3n) is 5.22. The molecule has 32 heavy (non-hydrogen) atoms. The van der Waals surface area contributed by atoms with E-state index in [2.05, 4.69) is 15.6 Å². The first kappa shape index (κ1) is 22.3. The molecule has 0 spiro atoms. The number of aromatic nitrogens is 1. The highest BCUT2D eigenvalue weighted by molar-refractivity contribution is 6.32. The molecule has 1 aliphatic rings. The van der Waals surface area contributed by atoms with Crippen LogP contribution in [0.15, 0.2) is 66.9 Å². The van der Waals surface area contributed by atoms with Crippen LogP contribution in [0.1, 0.15) is 28.4 Å². The molecule has 6 nitrogen and oxygen atoms in total. The number of carbonyl (C=O) groups excluding carboxylic acids is 2. The Morgan fingerprint density at radius 3 is 2.69 bits per heavy atom. The summed E-state index contributed by atoms with van der Waals surface area (Å²) in [5.74, 6) is -0.579. The number of nitrogens with one attached hydrogen (secondary N) is 2. The molecule has 0 aliphatic carbocycles. The maximum atomic E-state index is 12.9. The molecule has 2 heterocycles. The Hall–Kier alpha value is -2.93. The average Bonchev–Trinajstić information content (AvgIpc) is 2.99. The second kappa shape index (κ2) is 10.1. The molecular formula is C24H21Cl2N3O3. The highest BCUT2D eigenvalue weighted by atomic mass is 35.5. The van der Waals surface area contributed by atoms with Crippen LogP contribution in [0, 0.1) is 0 Å². The maximum absolute atomic E-state index is 12.9. The third-order valence-corrected chi connectivity index (χ3v) is 5.77. The van der Waals surface area contributed by atoms with Crippen LogP contribution in [0.25, 0.3) is 11.1 Å². The second-order valence-corrected chi connectivity index (χ2v) is 8.22. The van der Waals surface area contributed by atoms with Gasteiger partial charge in [-0.15, -0.1) is 0 Å². The number of carbonyl (C=O) groups is 2. The van der Waals surface area contributed by atoms with E-state index < -0.39 is 6.10 Å². The molecule has 0 radical (unpaired) electrons. The van der Waals surface area contributed by atoms with Gasteiger partial charge < -0.3 is 15.4 Å². The van der Waals surface area contributed by atoms with Gasteiger partial charge in [0.1, 0.15) is 5.15 Å². The van der Waals surface area contributed by atoms with Gasteiger partial charge in [-0.2, -0.15) is 0 Å². The molecule has 1 aliphatic heterocycles. The minimum atomic E-state index is -0.726. The van der Waals surface area contributed by atoms with Gasteiger partial charge in [0.05, 0.1) is 12.2 Å². The molecule has 3 aromatic rings. The van der Waals surface area contributed by atoms with Crippen molar-refractivity contribution in [3.63, 3.8) is 0 Å². The third kappa shape index (κ3) is 5.27. The number of benzene rings is 2. The first-order valence-corrected chi connectivity index (χ1v) is 10.9. The lowest BCUT2D eigenvalue weighted by Gasteiger charge is -2.18. The predicted octanol–water partition coefficient (Wildman–Crippen LogP) is 4.43. The fourth-order valence-electron chi connectivity index (χ4n) is 3.54. The number of pyridine rings is 1. The van der Waals surface area contributed by atoms with E-state index in [0.717, 1.165) is 16.7 Å². The average molecular weight is 470 g/mol. The van der Waals surface area contributed by atoms with Crippen molar-refractivity contribution >= 4 is 35.0 Å². The summed E-state index contributed by atoms with van der Waals surface area (Å²) in [4.78, 5) is 29.2. The summed E-state index contributed by atoms with van der Waals surface area (Å²) in [5, 5.41) is 6.58. The SMILES string of the molecule is O=C(NC[C@@H]1CCO[C@@H](c2cccc(-c3ccc(Cl)cc3)c2)C(=O)N1)c1cccnc1Cl. The lowest BCUT2D eigenvalue weighted by molar-refractivity contribution is -0.131. The Morgan fingerprint density at radius 2 is 1.91 bits per heavy atom. The quantitative estimate of drug-likeness (QED) is 0.541. The lowest BCUT2D eigenvalue weighted by Crippen LogP contribution is -2.44. The first-order valence-electron chi connectivity index (χ1n) is 10.2. The Labute approximate surface area is 195 Å². The predicted molar refractivity (Wildman–Crippen MR) is 124 cm³/mol. The number of rotatable bonds is 5. The smallest absolute Gasteiger partial charge is 0.254 e. The van der Waals surface area contributed by atoms with Crippen molar-refractivity contribution < 1.29 is 14.3 Å². The van der Waals surface area contributed by atoms with Crippen LogP contribution in [-0.4, -0.2) is 36.0 Å². The second-order valence-electron chi connectivity index (χ2n) is 7.43. The van der Waals surface area contributed by atoms with Gasteiger partial charge >= 0.3 is 0 Å². The van der Waals surface area contributed by atoms with Crippen molar-refractivity contribution in [3.8, 4) is 11.1 Å². The normalized spacial score (nSPS) is 18.5.